The van der Waals surface area contributed by atoms with Gasteiger partial charge in [-0.2, -0.15) is 5.10 Å². The van der Waals surface area contributed by atoms with Crippen LogP contribution in [0.25, 0.3) is 10.9 Å². The number of pyridine rings is 1. The van der Waals surface area contributed by atoms with Crippen LogP contribution in [0.3, 0.4) is 0 Å². The fourth-order valence-corrected chi connectivity index (χ4v) is 1.22. The van der Waals surface area contributed by atoms with Crippen molar-refractivity contribution in [2.75, 3.05) is 5.43 Å². The zero-order valence-corrected chi connectivity index (χ0v) is 9.15. The molecule has 5 heteroatoms. The summed E-state index contributed by atoms with van der Waals surface area (Å²) in [6.45, 7) is 5.86. The molecule has 0 fully saturated rings. The predicted octanol–water partition coefficient (Wildman–Crippen LogP) is 1.65. The number of aromatic nitrogens is 3. The van der Waals surface area contributed by atoms with Crippen molar-refractivity contribution in [3.05, 3.63) is 24.0 Å². The summed E-state index contributed by atoms with van der Waals surface area (Å²) >= 11 is 0. The average molecular weight is 205 g/mol. The topological polar surface area (TPSA) is 76.7 Å². The molecule has 2 aromatic rings. The number of hydrogen-bond acceptors (Lipinski definition) is 5. The van der Waals surface area contributed by atoms with Crippen LogP contribution in [0.15, 0.2) is 18.3 Å². The second-order valence-electron chi connectivity index (χ2n) is 2.68. The van der Waals surface area contributed by atoms with Crippen LogP contribution in [0.4, 0.5) is 5.82 Å². The SMILES string of the molecule is CC.Cc1nnc(NN)c2cccnc12. The molecule has 80 valence electrons. The summed E-state index contributed by atoms with van der Waals surface area (Å²) in [6.07, 6.45) is 1.72. The van der Waals surface area contributed by atoms with Gasteiger partial charge in [0, 0.05) is 11.6 Å². The Balaban J connectivity index is 0.000000531. The maximum absolute atomic E-state index is 5.29. The third-order valence-corrected chi connectivity index (χ3v) is 1.84. The summed E-state index contributed by atoms with van der Waals surface area (Å²) in [5.41, 5.74) is 4.11. The minimum absolute atomic E-state index is 0.550. The largest absolute Gasteiger partial charge is 0.306 e. The summed E-state index contributed by atoms with van der Waals surface area (Å²) < 4.78 is 0. The van der Waals surface area contributed by atoms with Gasteiger partial charge in [-0.1, -0.05) is 13.8 Å². The van der Waals surface area contributed by atoms with Crippen LogP contribution in [-0.2, 0) is 0 Å². The number of nitrogen functional groups attached to an aromatic ring is 1. The number of nitrogens with one attached hydrogen (secondary N) is 1. The molecule has 0 saturated heterocycles. The van der Waals surface area contributed by atoms with E-state index in [-0.39, 0.29) is 0 Å². The summed E-state index contributed by atoms with van der Waals surface area (Å²) in [6, 6.07) is 3.74. The highest BCUT2D eigenvalue weighted by atomic mass is 15.3. The smallest absolute Gasteiger partial charge is 0.172 e. The van der Waals surface area contributed by atoms with E-state index in [2.05, 4.69) is 20.6 Å². The molecule has 0 amide bonds. The predicted molar refractivity (Wildman–Crippen MR) is 61.2 cm³/mol. The summed E-state index contributed by atoms with van der Waals surface area (Å²) in [5, 5.41) is 8.71. The van der Waals surface area contributed by atoms with Crippen molar-refractivity contribution >= 4 is 16.7 Å². The summed E-state index contributed by atoms with van der Waals surface area (Å²) in [5.74, 6) is 5.84. The maximum atomic E-state index is 5.29. The molecule has 0 aliphatic carbocycles. The lowest BCUT2D eigenvalue weighted by Gasteiger charge is -2.03. The fraction of sp³-hybridized carbons (Fsp3) is 0.300. The van der Waals surface area contributed by atoms with Crippen LogP contribution < -0.4 is 11.3 Å². The van der Waals surface area contributed by atoms with Crippen molar-refractivity contribution in [2.45, 2.75) is 20.8 Å². The standard InChI is InChI=1S/C8H9N5.C2H6/c1-5-7-6(3-2-4-10-7)8(11-9)13-12-5;1-2/h2-4H,9H2,1H3,(H,11,13);1-2H3. The molecule has 2 heterocycles. The van der Waals surface area contributed by atoms with Gasteiger partial charge in [0.2, 0.25) is 0 Å². The molecule has 0 unspecified atom stereocenters. The van der Waals surface area contributed by atoms with Crippen molar-refractivity contribution in [2.24, 2.45) is 5.84 Å². The number of nitrogens with two attached hydrogens (primary N) is 1. The minimum atomic E-state index is 0.550. The Morgan fingerprint density at radius 2 is 2.00 bits per heavy atom. The second-order valence-corrected chi connectivity index (χ2v) is 2.68. The fourth-order valence-electron chi connectivity index (χ4n) is 1.22. The van der Waals surface area contributed by atoms with E-state index >= 15 is 0 Å². The molecule has 0 aromatic carbocycles. The first-order valence-corrected chi connectivity index (χ1v) is 4.87. The van der Waals surface area contributed by atoms with Crippen LogP contribution in [0.1, 0.15) is 19.5 Å². The molecular weight excluding hydrogens is 190 g/mol. The third-order valence-electron chi connectivity index (χ3n) is 1.84. The van der Waals surface area contributed by atoms with Gasteiger partial charge in [0.05, 0.1) is 11.2 Å². The first-order chi connectivity index (χ1) is 7.33. The van der Waals surface area contributed by atoms with Gasteiger partial charge in [-0.15, -0.1) is 5.10 Å². The van der Waals surface area contributed by atoms with Crippen molar-refractivity contribution in [3.63, 3.8) is 0 Å². The number of hydrogen-bond donors (Lipinski definition) is 2. The van der Waals surface area contributed by atoms with E-state index in [9.17, 15) is 0 Å². The normalized spacial score (nSPS) is 9.33. The van der Waals surface area contributed by atoms with Gasteiger partial charge in [0.15, 0.2) is 5.82 Å². The molecule has 3 N–H and O–H groups in total. The molecule has 0 saturated carbocycles. The van der Waals surface area contributed by atoms with Gasteiger partial charge in [-0.3, -0.25) is 4.98 Å². The Hall–Kier alpha value is -1.75. The number of fused-ring (bicyclic) bond motifs is 1. The molecule has 2 aromatic heterocycles. The van der Waals surface area contributed by atoms with Crippen LogP contribution in [0.2, 0.25) is 0 Å². The number of rotatable bonds is 1. The Bertz CT molecular complexity index is 441. The Morgan fingerprint density at radius 1 is 1.27 bits per heavy atom. The van der Waals surface area contributed by atoms with Crippen LogP contribution >= 0.6 is 0 Å². The Morgan fingerprint density at radius 3 is 2.67 bits per heavy atom. The number of aryl methyl sites for hydroxylation is 1. The van der Waals surface area contributed by atoms with E-state index in [0.29, 0.717) is 5.82 Å². The first kappa shape index (κ1) is 11.3. The zero-order valence-electron chi connectivity index (χ0n) is 9.15. The Labute approximate surface area is 88.7 Å². The minimum Gasteiger partial charge on any atom is -0.306 e. The second kappa shape index (κ2) is 5.21. The van der Waals surface area contributed by atoms with Gasteiger partial charge >= 0.3 is 0 Å². The lowest BCUT2D eigenvalue weighted by molar-refractivity contribution is 0.989. The highest BCUT2D eigenvalue weighted by Gasteiger charge is 2.04. The number of nitrogens with zero attached hydrogens (tertiary/aromatic N) is 3. The van der Waals surface area contributed by atoms with Gasteiger partial charge in [0.25, 0.3) is 0 Å². The number of hydrazine groups is 1. The molecule has 0 atom stereocenters. The van der Waals surface area contributed by atoms with E-state index in [1.54, 1.807) is 6.20 Å². The lowest BCUT2D eigenvalue weighted by Crippen LogP contribution is -2.10. The van der Waals surface area contributed by atoms with Crippen LogP contribution in [0, 0.1) is 6.92 Å². The quantitative estimate of drug-likeness (QED) is 0.546. The van der Waals surface area contributed by atoms with Crippen molar-refractivity contribution in [1.82, 2.24) is 15.2 Å². The molecule has 15 heavy (non-hydrogen) atoms. The van der Waals surface area contributed by atoms with E-state index in [1.807, 2.05) is 32.9 Å². The highest BCUT2D eigenvalue weighted by molar-refractivity contribution is 5.89. The molecule has 0 spiro atoms. The van der Waals surface area contributed by atoms with Gasteiger partial charge in [0.1, 0.15) is 0 Å². The van der Waals surface area contributed by atoms with Crippen LogP contribution in [-0.4, -0.2) is 15.2 Å². The van der Waals surface area contributed by atoms with Crippen LogP contribution in [0.5, 0.6) is 0 Å². The van der Waals surface area contributed by atoms with E-state index in [0.717, 1.165) is 16.6 Å². The Kier molecular flexibility index (Phi) is 3.93. The van der Waals surface area contributed by atoms with Crippen molar-refractivity contribution < 1.29 is 0 Å². The van der Waals surface area contributed by atoms with E-state index in [1.165, 1.54) is 0 Å². The van der Waals surface area contributed by atoms with Gasteiger partial charge in [-0.05, 0) is 19.1 Å². The van der Waals surface area contributed by atoms with Crippen molar-refractivity contribution in [3.8, 4) is 0 Å². The monoisotopic (exact) mass is 205 g/mol. The van der Waals surface area contributed by atoms with Gasteiger partial charge < -0.3 is 5.43 Å². The molecule has 0 aliphatic heterocycles. The van der Waals surface area contributed by atoms with E-state index in [4.69, 9.17) is 5.84 Å². The third kappa shape index (κ3) is 2.19. The van der Waals surface area contributed by atoms with E-state index < -0.39 is 0 Å². The lowest BCUT2D eigenvalue weighted by atomic mass is 10.2. The summed E-state index contributed by atoms with van der Waals surface area (Å²) in [7, 11) is 0. The summed E-state index contributed by atoms with van der Waals surface area (Å²) in [4.78, 5) is 4.19. The molecular formula is C10H15N5. The zero-order chi connectivity index (χ0) is 11.3. The number of anilines is 1. The average Bonchev–Trinajstić information content (AvgIpc) is 2.33. The molecule has 5 nitrogen and oxygen atoms in total. The molecule has 2 rings (SSSR count). The molecule has 0 bridgehead atoms. The van der Waals surface area contributed by atoms with Gasteiger partial charge in [-0.25, -0.2) is 5.84 Å². The first-order valence-electron chi connectivity index (χ1n) is 4.87. The highest BCUT2D eigenvalue weighted by Crippen LogP contribution is 2.18. The maximum Gasteiger partial charge on any atom is 0.172 e. The van der Waals surface area contributed by atoms with Crippen molar-refractivity contribution in [1.29, 1.82) is 0 Å². The molecule has 0 radical (unpaired) electrons. The molecule has 0 aliphatic rings.